The van der Waals surface area contributed by atoms with E-state index in [1.54, 1.807) is 13.0 Å². The van der Waals surface area contributed by atoms with Crippen LogP contribution in [0.3, 0.4) is 0 Å². The summed E-state index contributed by atoms with van der Waals surface area (Å²) in [5.74, 6) is -0.449. The van der Waals surface area contributed by atoms with Crippen molar-refractivity contribution in [2.45, 2.75) is 38.8 Å². The van der Waals surface area contributed by atoms with E-state index in [0.717, 1.165) is 37.9 Å². The number of benzene rings is 1. The molecular formula is C18H25ClF3N3O2. The van der Waals surface area contributed by atoms with E-state index >= 15 is 0 Å². The minimum absolute atomic E-state index is 0. The lowest BCUT2D eigenvalue weighted by atomic mass is 9.93. The molecule has 2 rings (SSSR count). The molecule has 1 aliphatic heterocycles. The Balaban J connectivity index is 0.00000364. The number of nitrogens with one attached hydrogen (secondary N) is 3. The van der Waals surface area contributed by atoms with E-state index in [4.69, 9.17) is 0 Å². The Labute approximate surface area is 162 Å². The molecule has 0 unspecified atom stereocenters. The number of hydrogen-bond acceptors (Lipinski definition) is 3. The van der Waals surface area contributed by atoms with Gasteiger partial charge in [-0.2, -0.15) is 13.2 Å². The first-order valence-electron chi connectivity index (χ1n) is 8.71. The Hall–Kier alpha value is -1.80. The predicted molar refractivity (Wildman–Crippen MR) is 100 cm³/mol. The number of aryl methyl sites for hydroxylation is 1. The normalized spacial score (nSPS) is 15.0. The Kier molecular flexibility index (Phi) is 9.05. The molecule has 0 aliphatic carbocycles. The Bertz CT molecular complexity index is 647. The smallest absolute Gasteiger partial charge is 0.343 e. The third kappa shape index (κ3) is 8.17. The SMILES string of the molecule is Cc1ccc(C(=O)NCC(F)(F)F)cc1NC(=O)CCC1CCNCC1.Cl. The van der Waals surface area contributed by atoms with Crippen LogP contribution in [0.2, 0.25) is 0 Å². The summed E-state index contributed by atoms with van der Waals surface area (Å²) >= 11 is 0. The van der Waals surface area contributed by atoms with Crippen LogP contribution in [-0.2, 0) is 4.79 Å². The van der Waals surface area contributed by atoms with Crippen LogP contribution in [0.5, 0.6) is 0 Å². The number of carbonyl (C=O) groups is 2. The van der Waals surface area contributed by atoms with Gasteiger partial charge >= 0.3 is 6.18 Å². The summed E-state index contributed by atoms with van der Waals surface area (Å²) in [4.78, 5) is 24.0. The highest BCUT2D eigenvalue weighted by Crippen LogP contribution is 2.21. The third-order valence-corrected chi connectivity index (χ3v) is 4.46. The molecule has 0 aromatic heterocycles. The lowest BCUT2D eigenvalue weighted by Gasteiger charge is -2.22. The van der Waals surface area contributed by atoms with Crippen LogP contribution < -0.4 is 16.0 Å². The number of amides is 2. The van der Waals surface area contributed by atoms with Crippen LogP contribution >= 0.6 is 12.4 Å². The summed E-state index contributed by atoms with van der Waals surface area (Å²) in [6, 6.07) is 4.44. The minimum atomic E-state index is -4.47. The van der Waals surface area contributed by atoms with Gasteiger partial charge in [-0.25, -0.2) is 0 Å². The van der Waals surface area contributed by atoms with Crippen LogP contribution in [0.4, 0.5) is 18.9 Å². The first kappa shape index (κ1) is 23.2. The number of anilines is 1. The van der Waals surface area contributed by atoms with Crippen molar-refractivity contribution in [3.8, 4) is 0 Å². The monoisotopic (exact) mass is 407 g/mol. The van der Waals surface area contributed by atoms with E-state index in [1.165, 1.54) is 12.1 Å². The number of halogens is 4. The van der Waals surface area contributed by atoms with Gasteiger partial charge in [-0.15, -0.1) is 12.4 Å². The molecule has 5 nitrogen and oxygen atoms in total. The average molecular weight is 408 g/mol. The van der Waals surface area contributed by atoms with E-state index in [2.05, 4.69) is 10.6 Å². The Morgan fingerprint density at radius 2 is 1.89 bits per heavy atom. The van der Waals surface area contributed by atoms with Gasteiger partial charge in [0.05, 0.1) is 0 Å². The second kappa shape index (κ2) is 10.5. The number of carbonyl (C=O) groups excluding carboxylic acids is 2. The Morgan fingerprint density at radius 3 is 2.52 bits per heavy atom. The number of alkyl halides is 3. The molecule has 27 heavy (non-hydrogen) atoms. The third-order valence-electron chi connectivity index (χ3n) is 4.46. The maximum Gasteiger partial charge on any atom is 0.405 e. The summed E-state index contributed by atoms with van der Waals surface area (Å²) < 4.78 is 36.6. The highest BCUT2D eigenvalue weighted by Gasteiger charge is 2.28. The highest BCUT2D eigenvalue weighted by molar-refractivity contribution is 5.97. The topological polar surface area (TPSA) is 70.2 Å². The average Bonchev–Trinajstić information content (AvgIpc) is 2.60. The van der Waals surface area contributed by atoms with Crippen molar-refractivity contribution in [2.75, 3.05) is 25.0 Å². The fourth-order valence-corrected chi connectivity index (χ4v) is 2.90. The first-order valence-corrected chi connectivity index (χ1v) is 8.71. The molecule has 1 fully saturated rings. The van der Waals surface area contributed by atoms with Crippen LogP contribution in [0.25, 0.3) is 0 Å². The van der Waals surface area contributed by atoms with Crippen molar-refractivity contribution in [1.82, 2.24) is 10.6 Å². The summed E-state index contributed by atoms with van der Waals surface area (Å²) in [7, 11) is 0. The van der Waals surface area contributed by atoms with E-state index < -0.39 is 18.6 Å². The van der Waals surface area contributed by atoms with Gasteiger partial charge in [0, 0.05) is 17.7 Å². The zero-order chi connectivity index (χ0) is 19.2. The standard InChI is InChI=1S/C18H24F3N3O2.ClH/c1-12-2-4-14(17(26)23-11-18(19,20)21)10-15(12)24-16(25)5-3-13-6-8-22-9-7-13;/h2,4,10,13,22H,3,5-9,11H2,1H3,(H,23,26)(H,24,25);1H. The molecule has 0 spiro atoms. The molecule has 0 radical (unpaired) electrons. The summed E-state index contributed by atoms with van der Waals surface area (Å²) in [6.45, 7) is 2.32. The summed E-state index contributed by atoms with van der Waals surface area (Å²) in [5, 5.41) is 7.86. The lowest BCUT2D eigenvalue weighted by Crippen LogP contribution is -2.33. The second-order valence-corrected chi connectivity index (χ2v) is 6.61. The van der Waals surface area contributed by atoms with E-state index in [0.29, 0.717) is 18.0 Å². The van der Waals surface area contributed by atoms with Gasteiger partial charge in [-0.05, 0) is 62.9 Å². The minimum Gasteiger partial charge on any atom is -0.343 e. The van der Waals surface area contributed by atoms with Crippen molar-refractivity contribution in [1.29, 1.82) is 0 Å². The number of hydrogen-bond donors (Lipinski definition) is 3. The molecule has 152 valence electrons. The number of rotatable bonds is 6. The summed E-state index contributed by atoms with van der Waals surface area (Å²) in [5.41, 5.74) is 1.26. The number of piperidine rings is 1. The van der Waals surface area contributed by atoms with Gasteiger partial charge in [0.25, 0.3) is 5.91 Å². The lowest BCUT2D eigenvalue weighted by molar-refractivity contribution is -0.123. The van der Waals surface area contributed by atoms with Crippen LogP contribution in [0.15, 0.2) is 18.2 Å². The largest absolute Gasteiger partial charge is 0.405 e. The molecular weight excluding hydrogens is 383 g/mol. The quantitative estimate of drug-likeness (QED) is 0.676. The fraction of sp³-hybridized carbons (Fsp3) is 0.556. The zero-order valence-electron chi connectivity index (χ0n) is 15.1. The van der Waals surface area contributed by atoms with Crippen molar-refractivity contribution in [3.05, 3.63) is 29.3 Å². The fourth-order valence-electron chi connectivity index (χ4n) is 2.90. The van der Waals surface area contributed by atoms with Crippen molar-refractivity contribution >= 4 is 29.9 Å². The van der Waals surface area contributed by atoms with Crippen LogP contribution in [0.1, 0.15) is 41.6 Å². The molecule has 0 atom stereocenters. The van der Waals surface area contributed by atoms with E-state index in [9.17, 15) is 22.8 Å². The molecule has 0 bridgehead atoms. The molecule has 1 saturated heterocycles. The van der Waals surface area contributed by atoms with Gasteiger partial charge < -0.3 is 16.0 Å². The van der Waals surface area contributed by atoms with Gasteiger partial charge in [0.15, 0.2) is 0 Å². The first-order chi connectivity index (χ1) is 12.2. The van der Waals surface area contributed by atoms with E-state index in [-0.39, 0.29) is 23.9 Å². The molecule has 2 amide bonds. The van der Waals surface area contributed by atoms with Crippen molar-refractivity contribution in [3.63, 3.8) is 0 Å². The molecule has 1 aromatic carbocycles. The molecule has 1 heterocycles. The van der Waals surface area contributed by atoms with Gasteiger partial charge in [0.1, 0.15) is 6.54 Å². The van der Waals surface area contributed by atoms with Crippen molar-refractivity contribution in [2.24, 2.45) is 5.92 Å². The van der Waals surface area contributed by atoms with Crippen LogP contribution in [0, 0.1) is 12.8 Å². The predicted octanol–water partition coefficient (Wildman–Crippen LogP) is 3.43. The second-order valence-electron chi connectivity index (χ2n) is 6.61. The van der Waals surface area contributed by atoms with Gasteiger partial charge in [0.2, 0.25) is 5.91 Å². The molecule has 0 saturated carbocycles. The maximum absolute atomic E-state index is 12.2. The summed E-state index contributed by atoms with van der Waals surface area (Å²) in [6.07, 6.45) is -1.17. The maximum atomic E-state index is 12.2. The molecule has 1 aromatic rings. The van der Waals surface area contributed by atoms with Crippen LogP contribution in [-0.4, -0.2) is 37.6 Å². The van der Waals surface area contributed by atoms with Gasteiger partial charge in [-0.3, -0.25) is 9.59 Å². The van der Waals surface area contributed by atoms with Crippen molar-refractivity contribution < 1.29 is 22.8 Å². The molecule has 1 aliphatic rings. The zero-order valence-corrected chi connectivity index (χ0v) is 15.9. The van der Waals surface area contributed by atoms with E-state index in [1.807, 2.05) is 5.32 Å². The Morgan fingerprint density at radius 1 is 1.22 bits per heavy atom. The molecule has 3 N–H and O–H groups in total. The highest BCUT2D eigenvalue weighted by atomic mass is 35.5. The van der Waals surface area contributed by atoms with Gasteiger partial charge in [-0.1, -0.05) is 6.07 Å². The molecule has 9 heteroatoms.